The average Bonchev–Trinajstić information content (AvgIpc) is 2.72. The molecular formula is C24H29BrN2O3. The number of hydrogen-bond donors (Lipinski definition) is 1. The standard InChI is InChI=1S/C24H29BrN2O3/c1-3-4-5-6-7-8-13-23(28)27-26-17-19-16-20(25)14-15-22(19)30-24(29)21-12-10-9-11-18(21)2/h9-12,14-17H,3-8,13H2,1-2H3,(H,27,28). The predicted molar refractivity (Wildman–Crippen MR) is 124 cm³/mol. The summed E-state index contributed by atoms with van der Waals surface area (Å²) in [6, 6.07) is 12.5. The zero-order chi connectivity index (χ0) is 21.8. The minimum Gasteiger partial charge on any atom is -0.422 e. The fraction of sp³-hybridized carbons (Fsp3) is 0.375. The summed E-state index contributed by atoms with van der Waals surface area (Å²) in [6.45, 7) is 4.05. The van der Waals surface area contributed by atoms with Crippen LogP contribution < -0.4 is 10.2 Å². The van der Waals surface area contributed by atoms with Crippen molar-refractivity contribution < 1.29 is 14.3 Å². The highest BCUT2D eigenvalue weighted by Crippen LogP contribution is 2.23. The molecule has 0 unspecified atom stereocenters. The summed E-state index contributed by atoms with van der Waals surface area (Å²) in [4.78, 5) is 24.5. The van der Waals surface area contributed by atoms with Crippen LogP contribution in [0.5, 0.6) is 5.75 Å². The van der Waals surface area contributed by atoms with Crippen molar-refractivity contribution in [2.45, 2.75) is 58.8 Å². The zero-order valence-corrected chi connectivity index (χ0v) is 19.2. The van der Waals surface area contributed by atoms with Gasteiger partial charge >= 0.3 is 5.97 Å². The molecule has 2 aromatic carbocycles. The molecule has 1 amide bonds. The van der Waals surface area contributed by atoms with Gasteiger partial charge in [-0.1, -0.05) is 73.2 Å². The van der Waals surface area contributed by atoms with E-state index in [4.69, 9.17) is 4.74 Å². The number of nitrogens with zero attached hydrogens (tertiary/aromatic N) is 1. The Morgan fingerprint density at radius 2 is 1.80 bits per heavy atom. The summed E-state index contributed by atoms with van der Waals surface area (Å²) in [5.74, 6) is -0.173. The van der Waals surface area contributed by atoms with E-state index in [0.29, 0.717) is 23.3 Å². The van der Waals surface area contributed by atoms with Gasteiger partial charge in [-0.2, -0.15) is 5.10 Å². The molecule has 2 aromatic rings. The van der Waals surface area contributed by atoms with E-state index in [2.05, 4.69) is 33.4 Å². The monoisotopic (exact) mass is 472 g/mol. The van der Waals surface area contributed by atoms with Crippen LogP contribution in [-0.2, 0) is 4.79 Å². The van der Waals surface area contributed by atoms with Crippen LogP contribution in [0.4, 0.5) is 0 Å². The highest BCUT2D eigenvalue weighted by atomic mass is 79.9. The van der Waals surface area contributed by atoms with Gasteiger partial charge in [-0.15, -0.1) is 0 Å². The molecule has 0 aliphatic heterocycles. The highest BCUT2D eigenvalue weighted by Gasteiger charge is 2.13. The maximum absolute atomic E-state index is 12.5. The van der Waals surface area contributed by atoms with Crippen molar-refractivity contribution in [3.63, 3.8) is 0 Å². The second-order valence-electron chi connectivity index (χ2n) is 7.20. The molecule has 2 rings (SSSR count). The summed E-state index contributed by atoms with van der Waals surface area (Å²) < 4.78 is 6.39. The summed E-state index contributed by atoms with van der Waals surface area (Å²) in [7, 11) is 0. The Morgan fingerprint density at radius 1 is 1.07 bits per heavy atom. The predicted octanol–water partition coefficient (Wildman–Crippen LogP) is 6.18. The van der Waals surface area contributed by atoms with Crippen LogP contribution >= 0.6 is 15.9 Å². The van der Waals surface area contributed by atoms with Gasteiger partial charge in [-0.3, -0.25) is 4.79 Å². The Morgan fingerprint density at radius 3 is 2.57 bits per heavy atom. The lowest BCUT2D eigenvalue weighted by Gasteiger charge is -2.09. The number of nitrogens with one attached hydrogen (secondary N) is 1. The zero-order valence-electron chi connectivity index (χ0n) is 17.6. The van der Waals surface area contributed by atoms with E-state index < -0.39 is 5.97 Å². The van der Waals surface area contributed by atoms with Crippen LogP contribution in [0.2, 0.25) is 0 Å². The Bertz CT molecular complexity index is 881. The van der Waals surface area contributed by atoms with E-state index in [-0.39, 0.29) is 5.91 Å². The van der Waals surface area contributed by atoms with Crippen molar-refractivity contribution in [1.29, 1.82) is 0 Å². The van der Waals surface area contributed by atoms with E-state index in [1.807, 2.05) is 19.1 Å². The topological polar surface area (TPSA) is 67.8 Å². The van der Waals surface area contributed by atoms with Crippen LogP contribution in [-0.4, -0.2) is 18.1 Å². The van der Waals surface area contributed by atoms with Gasteiger partial charge in [0.1, 0.15) is 5.75 Å². The van der Waals surface area contributed by atoms with Crippen molar-refractivity contribution in [1.82, 2.24) is 5.43 Å². The maximum atomic E-state index is 12.5. The number of carbonyl (C=O) groups is 2. The SMILES string of the molecule is CCCCCCCCC(=O)NN=Cc1cc(Br)ccc1OC(=O)c1ccccc1C. The van der Waals surface area contributed by atoms with E-state index in [1.54, 1.807) is 30.3 Å². The van der Waals surface area contributed by atoms with Crippen LogP contribution in [0.25, 0.3) is 0 Å². The minimum atomic E-state index is -0.433. The van der Waals surface area contributed by atoms with Crippen molar-refractivity contribution in [3.05, 3.63) is 63.6 Å². The van der Waals surface area contributed by atoms with E-state index in [9.17, 15) is 9.59 Å². The largest absolute Gasteiger partial charge is 0.422 e. The number of halogens is 1. The van der Waals surface area contributed by atoms with Gasteiger partial charge < -0.3 is 4.74 Å². The van der Waals surface area contributed by atoms with Crippen molar-refractivity contribution in [2.75, 3.05) is 0 Å². The lowest BCUT2D eigenvalue weighted by Crippen LogP contribution is -2.17. The molecule has 160 valence electrons. The first-order valence-corrected chi connectivity index (χ1v) is 11.2. The van der Waals surface area contributed by atoms with E-state index >= 15 is 0 Å². The molecule has 0 aromatic heterocycles. The number of hydrogen-bond acceptors (Lipinski definition) is 4. The molecule has 0 radical (unpaired) electrons. The average molecular weight is 473 g/mol. The van der Waals surface area contributed by atoms with Gasteiger partial charge in [0.2, 0.25) is 5.91 Å². The Kier molecular flexibility index (Phi) is 10.3. The summed E-state index contributed by atoms with van der Waals surface area (Å²) in [6.07, 6.45) is 8.72. The molecule has 0 aliphatic rings. The Balaban J connectivity index is 1.92. The molecule has 0 spiro atoms. The molecule has 0 saturated carbocycles. The van der Waals surface area contributed by atoms with Crippen LogP contribution in [0.3, 0.4) is 0 Å². The smallest absolute Gasteiger partial charge is 0.343 e. The van der Waals surface area contributed by atoms with Crippen molar-refractivity contribution in [2.24, 2.45) is 5.10 Å². The van der Waals surface area contributed by atoms with E-state index in [0.717, 1.165) is 29.3 Å². The second kappa shape index (κ2) is 13.0. The van der Waals surface area contributed by atoms with Crippen molar-refractivity contribution in [3.8, 4) is 5.75 Å². The van der Waals surface area contributed by atoms with Gasteiger partial charge in [-0.05, 0) is 43.2 Å². The molecular weight excluding hydrogens is 444 g/mol. The fourth-order valence-electron chi connectivity index (χ4n) is 2.97. The number of hydrazone groups is 1. The quantitative estimate of drug-likeness (QED) is 0.139. The molecule has 0 bridgehead atoms. The number of amides is 1. The number of benzene rings is 2. The van der Waals surface area contributed by atoms with Gasteiger partial charge in [0.05, 0.1) is 11.8 Å². The lowest BCUT2D eigenvalue weighted by molar-refractivity contribution is -0.121. The van der Waals surface area contributed by atoms with Crippen molar-refractivity contribution >= 4 is 34.0 Å². The maximum Gasteiger partial charge on any atom is 0.343 e. The normalized spacial score (nSPS) is 10.9. The molecule has 30 heavy (non-hydrogen) atoms. The number of unbranched alkanes of at least 4 members (excludes halogenated alkanes) is 5. The Hall–Kier alpha value is -2.47. The second-order valence-corrected chi connectivity index (χ2v) is 8.11. The van der Waals surface area contributed by atoms with Gasteiger partial charge in [0, 0.05) is 16.5 Å². The number of rotatable bonds is 11. The Labute approximate surface area is 187 Å². The summed E-state index contributed by atoms with van der Waals surface area (Å²) in [5.41, 5.74) is 4.49. The minimum absolute atomic E-state index is 0.116. The molecule has 0 saturated heterocycles. The first-order chi connectivity index (χ1) is 14.5. The molecule has 6 heteroatoms. The molecule has 1 N–H and O–H groups in total. The number of esters is 1. The third kappa shape index (κ3) is 8.11. The summed E-state index contributed by atoms with van der Waals surface area (Å²) in [5, 5.41) is 4.03. The van der Waals surface area contributed by atoms with E-state index in [1.165, 1.54) is 25.5 Å². The third-order valence-corrected chi connectivity index (χ3v) is 5.18. The van der Waals surface area contributed by atoms with Gasteiger partial charge in [-0.25, -0.2) is 10.2 Å². The number of aryl methyl sites for hydroxylation is 1. The molecule has 0 heterocycles. The fourth-order valence-corrected chi connectivity index (χ4v) is 3.34. The van der Waals surface area contributed by atoms with Crippen LogP contribution in [0.15, 0.2) is 52.0 Å². The molecule has 5 nitrogen and oxygen atoms in total. The first kappa shape index (κ1) is 23.8. The first-order valence-electron chi connectivity index (χ1n) is 10.4. The third-order valence-electron chi connectivity index (χ3n) is 4.69. The number of carbonyl (C=O) groups excluding carboxylic acids is 2. The summed E-state index contributed by atoms with van der Waals surface area (Å²) >= 11 is 3.41. The van der Waals surface area contributed by atoms with Crippen LogP contribution in [0.1, 0.15) is 73.4 Å². The van der Waals surface area contributed by atoms with Crippen LogP contribution in [0, 0.1) is 6.92 Å². The highest BCUT2D eigenvalue weighted by molar-refractivity contribution is 9.10. The molecule has 0 fully saturated rings. The lowest BCUT2D eigenvalue weighted by atomic mass is 10.1. The van der Waals surface area contributed by atoms with Gasteiger partial charge in [0.15, 0.2) is 0 Å². The molecule has 0 aliphatic carbocycles. The molecule has 0 atom stereocenters. The van der Waals surface area contributed by atoms with Gasteiger partial charge in [0.25, 0.3) is 0 Å². The number of ether oxygens (including phenoxy) is 1.